The van der Waals surface area contributed by atoms with Gasteiger partial charge in [0.2, 0.25) is 15.5 Å². The lowest BCUT2D eigenvalue weighted by atomic mass is 9.78. The zero-order chi connectivity index (χ0) is 24.5. The number of nitrogens with one attached hydrogen (secondary N) is 1. The average molecular weight is 488 g/mol. The van der Waals surface area contributed by atoms with E-state index < -0.39 is 15.5 Å². The van der Waals surface area contributed by atoms with Crippen LogP contribution in [-0.2, 0) is 16.6 Å². The number of carbonyl (C=O) groups excluding carboxylic acids is 1. The smallest absolute Gasteiger partial charge is 0.256 e. The van der Waals surface area contributed by atoms with E-state index in [4.69, 9.17) is 0 Å². The van der Waals surface area contributed by atoms with Gasteiger partial charge < -0.3 is 9.88 Å². The van der Waals surface area contributed by atoms with Gasteiger partial charge in [0.15, 0.2) is 0 Å². The first-order valence-corrected chi connectivity index (χ1v) is 14.2. The maximum atomic E-state index is 13.5. The van der Waals surface area contributed by atoms with Crippen LogP contribution in [0.1, 0.15) is 76.1 Å². The lowest BCUT2D eigenvalue weighted by molar-refractivity contribution is 0.0889. The zero-order valence-electron chi connectivity index (χ0n) is 20.5. The highest BCUT2D eigenvalue weighted by Crippen LogP contribution is 2.30. The molecule has 4 rings (SSSR count). The van der Waals surface area contributed by atoms with Crippen molar-refractivity contribution in [1.82, 2.24) is 14.2 Å². The van der Waals surface area contributed by atoms with Crippen molar-refractivity contribution >= 4 is 26.8 Å². The van der Waals surface area contributed by atoms with Crippen LogP contribution in [0.4, 0.5) is 0 Å². The van der Waals surface area contributed by atoms with Crippen LogP contribution < -0.4 is 10.7 Å². The molecule has 2 aromatic rings. The summed E-state index contributed by atoms with van der Waals surface area (Å²) in [7, 11) is -3.70. The lowest BCUT2D eigenvalue weighted by Crippen LogP contribution is -2.45. The molecule has 1 N–H and O–H groups in total. The highest BCUT2D eigenvalue weighted by Gasteiger charge is 2.30. The molecule has 1 amide bonds. The van der Waals surface area contributed by atoms with Gasteiger partial charge in [-0.1, -0.05) is 39.5 Å². The molecule has 1 saturated carbocycles. The van der Waals surface area contributed by atoms with E-state index >= 15 is 0 Å². The monoisotopic (exact) mass is 487 g/mol. The Labute approximate surface area is 202 Å². The summed E-state index contributed by atoms with van der Waals surface area (Å²) in [5, 5.41) is 3.37. The Kier molecular flexibility index (Phi) is 7.48. The van der Waals surface area contributed by atoms with Crippen molar-refractivity contribution in [3.63, 3.8) is 0 Å². The fourth-order valence-corrected chi connectivity index (χ4v) is 6.97. The number of benzene rings is 1. The molecule has 1 aliphatic carbocycles. The van der Waals surface area contributed by atoms with Crippen molar-refractivity contribution < 1.29 is 13.2 Å². The van der Waals surface area contributed by atoms with Crippen molar-refractivity contribution in [2.45, 2.75) is 83.2 Å². The van der Waals surface area contributed by atoms with Gasteiger partial charge in [0, 0.05) is 37.3 Å². The number of nitrogens with zero attached hydrogens (tertiary/aromatic N) is 2. The van der Waals surface area contributed by atoms with Crippen LogP contribution in [-0.4, -0.2) is 42.3 Å². The van der Waals surface area contributed by atoms with Crippen LogP contribution in [0.2, 0.25) is 0 Å². The molecule has 1 saturated heterocycles. The molecule has 0 spiro atoms. The van der Waals surface area contributed by atoms with Crippen LogP contribution in [0, 0.1) is 11.8 Å². The normalized spacial score (nSPS) is 24.6. The molecule has 1 aliphatic heterocycles. The van der Waals surface area contributed by atoms with Crippen LogP contribution in [0.3, 0.4) is 0 Å². The second-order valence-corrected chi connectivity index (χ2v) is 11.9. The molecule has 0 radical (unpaired) electrons. The highest BCUT2D eigenvalue weighted by molar-refractivity contribution is 7.89. The summed E-state index contributed by atoms with van der Waals surface area (Å²) < 4.78 is 30.0. The first kappa shape index (κ1) is 24.9. The molecular formula is C26H37N3O4S. The number of hydrogen-bond acceptors (Lipinski definition) is 4. The molecule has 8 heteroatoms. The number of amides is 1. The SMILES string of the molecule is CCn1cc(C(=O)N[C@@H]2CCC[C@@H](C)[C@@H]2C)c(=O)c2cc(S(=O)(=O)N3CCCCCC3)ccc21. The average Bonchev–Trinajstić information content (AvgIpc) is 3.12. The third-order valence-electron chi connectivity index (χ3n) is 7.86. The molecule has 2 aliphatic rings. The number of pyridine rings is 1. The van der Waals surface area contributed by atoms with Gasteiger partial charge in [-0.15, -0.1) is 0 Å². The van der Waals surface area contributed by atoms with Gasteiger partial charge >= 0.3 is 0 Å². The summed E-state index contributed by atoms with van der Waals surface area (Å²) >= 11 is 0. The molecule has 7 nitrogen and oxygen atoms in total. The maximum absolute atomic E-state index is 13.5. The first-order chi connectivity index (χ1) is 16.2. The molecule has 2 heterocycles. The minimum Gasteiger partial charge on any atom is -0.349 e. The van der Waals surface area contributed by atoms with E-state index in [0.717, 1.165) is 44.9 Å². The van der Waals surface area contributed by atoms with E-state index in [1.807, 2.05) is 11.5 Å². The van der Waals surface area contributed by atoms with Crippen LogP contribution in [0.25, 0.3) is 10.9 Å². The Morgan fingerprint density at radius 2 is 1.76 bits per heavy atom. The summed E-state index contributed by atoms with van der Waals surface area (Å²) in [6, 6.07) is 4.78. The topological polar surface area (TPSA) is 88.5 Å². The van der Waals surface area contributed by atoms with Crippen LogP contribution in [0.5, 0.6) is 0 Å². The predicted octanol–water partition coefficient (Wildman–Crippen LogP) is 4.14. The Hall–Kier alpha value is -2.19. The summed E-state index contributed by atoms with van der Waals surface area (Å²) in [4.78, 5) is 26.8. The van der Waals surface area contributed by atoms with Crippen molar-refractivity contribution in [3.05, 3.63) is 40.2 Å². The largest absolute Gasteiger partial charge is 0.349 e. The predicted molar refractivity (Wildman–Crippen MR) is 135 cm³/mol. The Morgan fingerprint density at radius 3 is 2.44 bits per heavy atom. The molecule has 34 heavy (non-hydrogen) atoms. The zero-order valence-corrected chi connectivity index (χ0v) is 21.4. The lowest BCUT2D eigenvalue weighted by Gasteiger charge is -2.34. The highest BCUT2D eigenvalue weighted by atomic mass is 32.2. The van der Waals surface area contributed by atoms with Gasteiger partial charge in [0.25, 0.3) is 5.91 Å². The number of carbonyl (C=O) groups is 1. The Morgan fingerprint density at radius 1 is 1.06 bits per heavy atom. The van der Waals surface area contributed by atoms with Crippen molar-refractivity contribution in [2.75, 3.05) is 13.1 Å². The quantitative estimate of drug-likeness (QED) is 0.687. The summed E-state index contributed by atoms with van der Waals surface area (Å²) in [6.45, 7) is 7.86. The first-order valence-electron chi connectivity index (χ1n) is 12.7. The van der Waals surface area contributed by atoms with E-state index in [2.05, 4.69) is 19.2 Å². The third kappa shape index (κ3) is 4.80. The minimum absolute atomic E-state index is 0.0381. The molecular weight excluding hydrogens is 450 g/mol. The number of rotatable bonds is 5. The van der Waals surface area contributed by atoms with E-state index in [-0.39, 0.29) is 27.8 Å². The number of sulfonamides is 1. The number of aromatic nitrogens is 1. The van der Waals surface area contributed by atoms with Gasteiger partial charge in [-0.2, -0.15) is 4.31 Å². The molecule has 1 aromatic carbocycles. The molecule has 2 fully saturated rings. The van der Waals surface area contributed by atoms with E-state index in [1.165, 1.54) is 10.4 Å². The molecule has 0 bridgehead atoms. The molecule has 186 valence electrons. The van der Waals surface area contributed by atoms with E-state index in [9.17, 15) is 18.0 Å². The van der Waals surface area contributed by atoms with Crippen molar-refractivity contribution in [1.29, 1.82) is 0 Å². The van der Waals surface area contributed by atoms with Crippen LogP contribution in [0.15, 0.2) is 34.1 Å². The van der Waals surface area contributed by atoms with E-state index in [0.29, 0.717) is 37.0 Å². The summed E-state index contributed by atoms with van der Waals surface area (Å²) in [5.41, 5.74) is 0.296. The van der Waals surface area contributed by atoms with Crippen molar-refractivity contribution in [3.8, 4) is 0 Å². The van der Waals surface area contributed by atoms with E-state index in [1.54, 1.807) is 18.3 Å². The minimum atomic E-state index is -3.70. The molecule has 3 atom stereocenters. The van der Waals surface area contributed by atoms with Crippen LogP contribution >= 0.6 is 0 Å². The van der Waals surface area contributed by atoms with Gasteiger partial charge in [0.1, 0.15) is 5.56 Å². The maximum Gasteiger partial charge on any atom is 0.256 e. The second-order valence-electron chi connectivity index (χ2n) is 10.0. The number of hydrogen-bond donors (Lipinski definition) is 1. The Bertz CT molecular complexity index is 1210. The number of aryl methyl sites for hydroxylation is 1. The fraction of sp³-hybridized carbons (Fsp3) is 0.615. The Balaban J connectivity index is 1.72. The summed E-state index contributed by atoms with van der Waals surface area (Å²) in [5.74, 6) is 0.493. The third-order valence-corrected chi connectivity index (χ3v) is 9.76. The molecule has 0 unspecified atom stereocenters. The second kappa shape index (κ2) is 10.2. The van der Waals surface area contributed by atoms with Crippen molar-refractivity contribution in [2.24, 2.45) is 11.8 Å². The number of fused-ring (bicyclic) bond motifs is 1. The van der Waals surface area contributed by atoms with Gasteiger partial charge in [0.05, 0.1) is 10.4 Å². The molecule has 1 aromatic heterocycles. The van der Waals surface area contributed by atoms with Gasteiger partial charge in [-0.3, -0.25) is 9.59 Å². The van der Waals surface area contributed by atoms with Gasteiger partial charge in [-0.05, 0) is 56.2 Å². The summed E-state index contributed by atoms with van der Waals surface area (Å²) in [6.07, 6.45) is 8.48. The fourth-order valence-electron chi connectivity index (χ4n) is 5.42. The van der Waals surface area contributed by atoms with Gasteiger partial charge in [-0.25, -0.2) is 8.42 Å². The standard InChI is InChI=1S/C26H37N3O4S/c1-4-28-17-22(26(31)27-23-11-9-10-18(2)19(23)3)25(30)21-16-20(12-13-24(21)28)34(32,33)29-14-7-5-6-8-15-29/h12-13,16-19,23H,4-11,14-15H2,1-3H3,(H,27,31)/t18-,19+,23-/m1/s1.